The highest BCUT2D eigenvalue weighted by atomic mass is 32.2. The molecular formula is C21H30O2S2. The molecular weight excluding hydrogens is 348 g/mol. The van der Waals surface area contributed by atoms with Crippen molar-refractivity contribution in [2.45, 2.75) is 56.1 Å². The van der Waals surface area contributed by atoms with Crippen molar-refractivity contribution in [1.29, 1.82) is 0 Å². The van der Waals surface area contributed by atoms with Crippen molar-refractivity contribution in [2.75, 3.05) is 12.5 Å². The minimum Gasteiger partial charge on any atom is -0.393 e. The number of aliphatic hydroxyl groups is 1. The highest BCUT2D eigenvalue weighted by Crippen LogP contribution is 2.71. The summed E-state index contributed by atoms with van der Waals surface area (Å²) in [7, 11) is 0. The Kier molecular flexibility index (Phi) is 4.29. The van der Waals surface area contributed by atoms with Gasteiger partial charge in [0.05, 0.1) is 10.2 Å². The third-order valence-electron chi connectivity index (χ3n) is 8.20. The van der Waals surface area contributed by atoms with Gasteiger partial charge in [-0.2, -0.15) is 0 Å². The minimum atomic E-state index is -0.283. The maximum atomic E-state index is 11.9. The molecule has 0 heterocycles. The highest BCUT2D eigenvalue weighted by molar-refractivity contribution is 8.17. The summed E-state index contributed by atoms with van der Waals surface area (Å²) in [6, 6.07) is 0. The second-order valence-corrected chi connectivity index (χ2v) is 11.4. The first-order chi connectivity index (χ1) is 11.8. The van der Waals surface area contributed by atoms with Crippen LogP contribution in [0.3, 0.4) is 0 Å². The van der Waals surface area contributed by atoms with Crippen LogP contribution in [0.15, 0.2) is 23.8 Å². The summed E-state index contributed by atoms with van der Waals surface area (Å²) < 4.78 is 0.235. The van der Waals surface area contributed by atoms with Crippen LogP contribution in [0.1, 0.15) is 46.0 Å². The van der Waals surface area contributed by atoms with Crippen LogP contribution in [0.4, 0.5) is 0 Å². The molecule has 4 rings (SSSR count). The molecule has 138 valence electrons. The number of carbonyl (C=O) groups is 1. The quantitative estimate of drug-likeness (QED) is 0.708. The fourth-order valence-electron chi connectivity index (χ4n) is 7.03. The lowest BCUT2D eigenvalue weighted by Crippen LogP contribution is -2.58. The smallest absolute Gasteiger partial charge is 0.178 e. The number of carbonyl (C=O) groups excluding carboxylic acids is 1. The summed E-state index contributed by atoms with van der Waals surface area (Å²) >= 11 is 4.02. The molecule has 25 heavy (non-hydrogen) atoms. The Balaban J connectivity index is 1.75. The fraction of sp³-hybridized carbons (Fsp3) is 0.762. The standard InChI is InChI=1S/C21H30O2S2/c1-19-9-7-14(22)11-13(19)5-6-15-16-8-10-21(24-3,25-4)20(16,2)12-17(23)18(15)19/h7,9,11,15-18,23H,5-6,8,10,12H2,1-4H3/t15-,16-,17-,18+,19-,20-/m0/s1. The van der Waals surface area contributed by atoms with Gasteiger partial charge >= 0.3 is 0 Å². The molecule has 0 bridgehead atoms. The third kappa shape index (κ3) is 2.26. The number of allylic oxidation sites excluding steroid dienone is 4. The van der Waals surface area contributed by atoms with E-state index in [1.165, 1.54) is 18.4 Å². The van der Waals surface area contributed by atoms with Gasteiger partial charge in [0, 0.05) is 11.3 Å². The topological polar surface area (TPSA) is 37.3 Å². The van der Waals surface area contributed by atoms with E-state index in [4.69, 9.17) is 0 Å². The van der Waals surface area contributed by atoms with Gasteiger partial charge in [-0.05, 0) is 74.0 Å². The van der Waals surface area contributed by atoms with Crippen molar-refractivity contribution >= 4 is 29.3 Å². The summed E-state index contributed by atoms with van der Waals surface area (Å²) in [4.78, 5) is 11.9. The predicted molar refractivity (Wildman–Crippen MR) is 108 cm³/mol. The van der Waals surface area contributed by atoms with E-state index in [1.807, 2.05) is 29.6 Å². The average Bonchev–Trinajstić information content (AvgIpc) is 2.87. The van der Waals surface area contributed by atoms with Crippen molar-refractivity contribution in [3.8, 4) is 0 Å². The average molecular weight is 379 g/mol. The van der Waals surface area contributed by atoms with Gasteiger partial charge in [-0.25, -0.2) is 0 Å². The van der Waals surface area contributed by atoms with Crippen molar-refractivity contribution < 1.29 is 9.90 Å². The second kappa shape index (κ2) is 5.90. The van der Waals surface area contributed by atoms with Gasteiger partial charge in [0.15, 0.2) is 5.78 Å². The molecule has 4 aliphatic carbocycles. The lowest BCUT2D eigenvalue weighted by atomic mass is 9.47. The van der Waals surface area contributed by atoms with Gasteiger partial charge in [0.1, 0.15) is 0 Å². The molecule has 1 N–H and O–H groups in total. The molecule has 4 heteroatoms. The van der Waals surface area contributed by atoms with Gasteiger partial charge in [-0.15, -0.1) is 23.5 Å². The molecule has 0 aromatic carbocycles. The molecule has 3 saturated carbocycles. The first-order valence-corrected chi connectivity index (χ1v) is 12.0. The molecule has 4 aliphatic rings. The largest absolute Gasteiger partial charge is 0.393 e. The normalized spacial score (nSPS) is 47.7. The van der Waals surface area contributed by atoms with Gasteiger partial charge in [-0.1, -0.05) is 25.5 Å². The maximum Gasteiger partial charge on any atom is 0.178 e. The van der Waals surface area contributed by atoms with Crippen molar-refractivity contribution in [3.05, 3.63) is 23.8 Å². The second-order valence-electron chi connectivity index (χ2n) is 8.91. The Bertz CT molecular complexity index is 650. The molecule has 0 saturated heterocycles. The molecule has 0 unspecified atom stereocenters. The van der Waals surface area contributed by atoms with Crippen LogP contribution < -0.4 is 0 Å². The maximum absolute atomic E-state index is 11.9. The Morgan fingerprint density at radius 3 is 2.60 bits per heavy atom. The molecule has 0 radical (unpaired) electrons. The monoisotopic (exact) mass is 378 g/mol. The van der Waals surface area contributed by atoms with Crippen LogP contribution in [0.2, 0.25) is 0 Å². The number of rotatable bonds is 2. The zero-order valence-corrected chi connectivity index (χ0v) is 17.4. The molecule has 0 aromatic heterocycles. The first-order valence-electron chi connectivity index (χ1n) is 9.54. The number of hydrogen-bond donors (Lipinski definition) is 1. The molecule has 0 amide bonds. The number of hydrogen-bond acceptors (Lipinski definition) is 4. The van der Waals surface area contributed by atoms with Crippen LogP contribution in [0, 0.1) is 28.6 Å². The van der Waals surface area contributed by atoms with Crippen LogP contribution in [-0.4, -0.2) is 33.6 Å². The van der Waals surface area contributed by atoms with Crippen LogP contribution in [-0.2, 0) is 4.79 Å². The van der Waals surface area contributed by atoms with Gasteiger partial charge < -0.3 is 5.11 Å². The highest BCUT2D eigenvalue weighted by Gasteiger charge is 2.66. The van der Waals surface area contributed by atoms with E-state index in [2.05, 4.69) is 32.4 Å². The van der Waals surface area contributed by atoms with E-state index in [9.17, 15) is 9.90 Å². The summed E-state index contributed by atoms with van der Waals surface area (Å²) in [5.74, 6) is 1.63. The van der Waals surface area contributed by atoms with E-state index < -0.39 is 0 Å². The molecule has 0 aromatic rings. The predicted octanol–water partition coefficient (Wildman–Crippen LogP) is 4.69. The number of fused-ring (bicyclic) bond motifs is 5. The summed E-state index contributed by atoms with van der Waals surface area (Å²) in [6.45, 7) is 4.71. The number of ketones is 1. The van der Waals surface area contributed by atoms with E-state index in [0.29, 0.717) is 11.8 Å². The Morgan fingerprint density at radius 2 is 1.92 bits per heavy atom. The zero-order valence-electron chi connectivity index (χ0n) is 15.7. The van der Waals surface area contributed by atoms with Gasteiger partial charge in [0.2, 0.25) is 0 Å². The summed E-state index contributed by atoms with van der Waals surface area (Å²) in [5, 5.41) is 11.3. The molecule has 0 spiro atoms. The zero-order chi connectivity index (χ0) is 18.0. The Morgan fingerprint density at radius 1 is 1.20 bits per heavy atom. The van der Waals surface area contributed by atoms with Crippen molar-refractivity contribution in [1.82, 2.24) is 0 Å². The van der Waals surface area contributed by atoms with Crippen molar-refractivity contribution in [2.24, 2.45) is 28.6 Å². The van der Waals surface area contributed by atoms with E-state index in [1.54, 1.807) is 6.08 Å². The fourth-order valence-corrected chi connectivity index (χ4v) is 9.74. The van der Waals surface area contributed by atoms with Gasteiger partial charge in [-0.3, -0.25) is 4.79 Å². The lowest BCUT2D eigenvalue weighted by Gasteiger charge is -2.60. The Hall–Kier alpha value is -0.190. The molecule has 2 nitrogen and oxygen atoms in total. The Labute approximate surface area is 160 Å². The number of aliphatic hydroxyl groups excluding tert-OH is 1. The molecule has 0 aliphatic heterocycles. The molecule has 6 atom stereocenters. The van der Waals surface area contributed by atoms with Crippen LogP contribution >= 0.6 is 23.5 Å². The third-order valence-corrected chi connectivity index (χ3v) is 11.9. The van der Waals surface area contributed by atoms with Crippen LogP contribution in [0.25, 0.3) is 0 Å². The summed E-state index contributed by atoms with van der Waals surface area (Å²) in [6.07, 6.45) is 15.5. The first kappa shape index (κ1) is 18.2. The van der Waals surface area contributed by atoms with E-state index >= 15 is 0 Å². The van der Waals surface area contributed by atoms with E-state index in [0.717, 1.165) is 19.3 Å². The minimum absolute atomic E-state index is 0.116. The summed E-state index contributed by atoms with van der Waals surface area (Å²) in [5.41, 5.74) is 1.31. The number of thioether (sulfide) groups is 2. The SMILES string of the molecule is CSC1(SC)CC[C@H]2[C@@H]3CCC4=CC(=O)C=C[C@]4(C)[C@H]3[C@@H](O)C[C@@]21C. The lowest BCUT2D eigenvalue weighted by molar-refractivity contribution is -0.114. The van der Waals surface area contributed by atoms with Gasteiger partial charge in [0.25, 0.3) is 0 Å². The van der Waals surface area contributed by atoms with Crippen LogP contribution in [0.5, 0.6) is 0 Å². The molecule has 3 fully saturated rings. The van der Waals surface area contributed by atoms with E-state index in [-0.39, 0.29) is 32.7 Å². The van der Waals surface area contributed by atoms with Crippen molar-refractivity contribution in [3.63, 3.8) is 0 Å².